The van der Waals surface area contributed by atoms with Gasteiger partial charge in [0.1, 0.15) is 0 Å². The van der Waals surface area contributed by atoms with Crippen LogP contribution in [0.4, 0.5) is 0 Å². The Morgan fingerprint density at radius 3 is 2.91 bits per heavy atom. The summed E-state index contributed by atoms with van der Waals surface area (Å²) >= 11 is 0. The first-order chi connectivity index (χ1) is 5.20. The normalized spacial score (nSPS) is 26.8. The van der Waals surface area contributed by atoms with Gasteiger partial charge in [-0.25, -0.2) is 0 Å². The van der Waals surface area contributed by atoms with Gasteiger partial charge in [0, 0.05) is 4.92 Å². The molecule has 0 N–H and O–H groups in total. The highest BCUT2D eigenvalue weighted by molar-refractivity contribution is 4.72. The molecule has 1 saturated heterocycles. The largest absolute Gasteiger partial charge is 0.297 e. The van der Waals surface area contributed by atoms with Gasteiger partial charge in [-0.15, -0.1) is 0 Å². The SMILES string of the molecule is CN1CCCCC1C[N+](=O)[O-]. The highest BCUT2D eigenvalue weighted by Gasteiger charge is 2.22. The highest BCUT2D eigenvalue weighted by Crippen LogP contribution is 2.14. The minimum atomic E-state index is -0.216. The van der Waals surface area contributed by atoms with Gasteiger partial charge in [-0.05, 0) is 26.4 Å². The van der Waals surface area contributed by atoms with Crippen LogP contribution in [0.3, 0.4) is 0 Å². The molecule has 1 fully saturated rings. The third-order valence-electron chi connectivity index (χ3n) is 2.28. The van der Waals surface area contributed by atoms with Crippen molar-refractivity contribution in [2.24, 2.45) is 0 Å². The lowest BCUT2D eigenvalue weighted by molar-refractivity contribution is -0.487. The first-order valence-electron chi connectivity index (χ1n) is 4.02. The van der Waals surface area contributed by atoms with E-state index in [4.69, 9.17) is 0 Å². The molecule has 1 atom stereocenters. The third kappa shape index (κ3) is 2.46. The molecule has 0 aromatic carbocycles. The second-order valence-electron chi connectivity index (χ2n) is 3.15. The second-order valence-corrected chi connectivity index (χ2v) is 3.15. The molecule has 0 aromatic heterocycles. The lowest BCUT2D eigenvalue weighted by atomic mass is 10.0. The molecule has 4 heteroatoms. The van der Waals surface area contributed by atoms with Crippen LogP contribution < -0.4 is 0 Å². The molecule has 1 rings (SSSR count). The predicted octanol–water partition coefficient (Wildman–Crippen LogP) is 0.747. The number of piperidine rings is 1. The summed E-state index contributed by atoms with van der Waals surface area (Å²) in [5.41, 5.74) is 0. The lowest BCUT2D eigenvalue weighted by Gasteiger charge is -2.29. The number of hydrogen-bond acceptors (Lipinski definition) is 3. The Balaban J connectivity index is 2.35. The summed E-state index contributed by atoms with van der Waals surface area (Å²) in [5, 5.41) is 10.2. The number of hydrogen-bond donors (Lipinski definition) is 0. The minimum Gasteiger partial charge on any atom is -0.297 e. The molecule has 1 heterocycles. The van der Waals surface area contributed by atoms with Gasteiger partial charge < -0.3 is 0 Å². The van der Waals surface area contributed by atoms with Crippen molar-refractivity contribution >= 4 is 0 Å². The number of likely N-dealkylation sites (tertiary alicyclic amines) is 1. The van der Waals surface area contributed by atoms with Crippen molar-refractivity contribution in [1.29, 1.82) is 0 Å². The lowest BCUT2D eigenvalue weighted by Crippen LogP contribution is -2.40. The van der Waals surface area contributed by atoms with Crippen LogP contribution in [0.15, 0.2) is 0 Å². The van der Waals surface area contributed by atoms with Crippen LogP contribution in [-0.2, 0) is 0 Å². The van der Waals surface area contributed by atoms with Crippen molar-refractivity contribution < 1.29 is 4.92 Å². The quantitative estimate of drug-likeness (QED) is 0.440. The summed E-state index contributed by atoms with van der Waals surface area (Å²) in [4.78, 5) is 12.1. The van der Waals surface area contributed by atoms with Crippen LogP contribution in [0.2, 0.25) is 0 Å². The third-order valence-corrected chi connectivity index (χ3v) is 2.28. The van der Waals surface area contributed by atoms with Gasteiger partial charge >= 0.3 is 0 Å². The summed E-state index contributed by atoms with van der Waals surface area (Å²) in [6, 6.07) is 0.179. The maximum Gasteiger partial charge on any atom is 0.219 e. The number of nitrogens with zero attached hydrogens (tertiary/aromatic N) is 2. The Hall–Kier alpha value is -0.640. The average Bonchev–Trinajstić information content (AvgIpc) is 1.93. The van der Waals surface area contributed by atoms with Crippen molar-refractivity contribution in [1.82, 2.24) is 4.90 Å². The van der Waals surface area contributed by atoms with E-state index in [0.29, 0.717) is 0 Å². The van der Waals surface area contributed by atoms with Crippen LogP contribution in [0.1, 0.15) is 19.3 Å². The minimum absolute atomic E-state index is 0.108. The Kier molecular flexibility index (Phi) is 2.82. The van der Waals surface area contributed by atoms with E-state index >= 15 is 0 Å². The molecule has 0 amide bonds. The van der Waals surface area contributed by atoms with Crippen molar-refractivity contribution in [2.45, 2.75) is 25.3 Å². The molecule has 0 bridgehead atoms. The van der Waals surface area contributed by atoms with Crippen LogP contribution >= 0.6 is 0 Å². The molecule has 64 valence electrons. The summed E-state index contributed by atoms with van der Waals surface area (Å²) in [7, 11) is 1.97. The van der Waals surface area contributed by atoms with E-state index < -0.39 is 0 Å². The zero-order valence-corrected chi connectivity index (χ0v) is 6.82. The summed E-state index contributed by atoms with van der Waals surface area (Å²) in [5.74, 6) is 0. The molecule has 0 aromatic rings. The molecule has 0 radical (unpaired) electrons. The van der Waals surface area contributed by atoms with Gasteiger partial charge in [-0.1, -0.05) is 6.42 Å². The van der Waals surface area contributed by atoms with Crippen molar-refractivity contribution in [2.75, 3.05) is 20.1 Å². The molecule has 1 aliphatic rings. The maximum absolute atomic E-state index is 10.2. The van der Waals surface area contributed by atoms with Crippen LogP contribution in [0.25, 0.3) is 0 Å². The van der Waals surface area contributed by atoms with Gasteiger partial charge in [0.2, 0.25) is 6.54 Å². The topological polar surface area (TPSA) is 46.4 Å². The van der Waals surface area contributed by atoms with Crippen molar-refractivity contribution in [3.8, 4) is 0 Å². The van der Waals surface area contributed by atoms with Gasteiger partial charge in [-0.3, -0.25) is 15.0 Å². The highest BCUT2D eigenvalue weighted by atomic mass is 16.6. The molecule has 0 aliphatic carbocycles. The maximum atomic E-state index is 10.2. The molecule has 0 spiro atoms. The van der Waals surface area contributed by atoms with Gasteiger partial charge in [0.25, 0.3) is 0 Å². The van der Waals surface area contributed by atoms with E-state index in [1.54, 1.807) is 0 Å². The fourth-order valence-electron chi connectivity index (χ4n) is 1.55. The van der Waals surface area contributed by atoms with E-state index in [1.165, 1.54) is 6.42 Å². The van der Waals surface area contributed by atoms with Gasteiger partial charge in [-0.2, -0.15) is 0 Å². The van der Waals surface area contributed by atoms with E-state index in [0.717, 1.165) is 19.4 Å². The molecule has 1 aliphatic heterocycles. The predicted molar refractivity (Wildman–Crippen MR) is 42.1 cm³/mol. The van der Waals surface area contributed by atoms with Crippen LogP contribution in [0.5, 0.6) is 0 Å². The molecular formula is C7H14N2O2. The average molecular weight is 158 g/mol. The summed E-state index contributed by atoms with van der Waals surface area (Å²) in [6.07, 6.45) is 3.31. The van der Waals surface area contributed by atoms with Crippen LogP contribution in [-0.4, -0.2) is 36.0 Å². The van der Waals surface area contributed by atoms with Crippen LogP contribution in [0, 0.1) is 10.1 Å². The standard InChI is InChI=1S/C7H14N2O2/c1-8-5-3-2-4-7(8)6-9(10)11/h7H,2-6H2,1H3. The first kappa shape index (κ1) is 8.46. The zero-order chi connectivity index (χ0) is 8.27. The van der Waals surface area contributed by atoms with Crippen molar-refractivity contribution in [3.05, 3.63) is 10.1 Å². The molecule has 0 saturated carbocycles. The smallest absolute Gasteiger partial charge is 0.219 e. The Morgan fingerprint density at radius 1 is 1.64 bits per heavy atom. The number of nitro groups is 1. The number of rotatable bonds is 2. The summed E-state index contributed by atoms with van der Waals surface area (Å²) < 4.78 is 0. The van der Waals surface area contributed by atoms with Gasteiger partial charge in [0.05, 0.1) is 6.04 Å². The zero-order valence-electron chi connectivity index (χ0n) is 6.82. The second kappa shape index (κ2) is 3.67. The molecule has 1 unspecified atom stereocenters. The Morgan fingerprint density at radius 2 is 2.36 bits per heavy atom. The van der Waals surface area contributed by atoms with Gasteiger partial charge in [0.15, 0.2) is 0 Å². The van der Waals surface area contributed by atoms with E-state index in [2.05, 4.69) is 4.90 Å². The summed E-state index contributed by atoms with van der Waals surface area (Å²) in [6.45, 7) is 1.12. The van der Waals surface area contributed by atoms with E-state index in [1.807, 2.05) is 7.05 Å². The molecule has 11 heavy (non-hydrogen) atoms. The molecular weight excluding hydrogens is 144 g/mol. The fraction of sp³-hybridized carbons (Fsp3) is 1.00. The Bertz CT molecular complexity index is 149. The Labute approximate surface area is 66.3 Å². The monoisotopic (exact) mass is 158 g/mol. The first-order valence-corrected chi connectivity index (χ1v) is 4.02. The van der Waals surface area contributed by atoms with Crippen molar-refractivity contribution in [3.63, 3.8) is 0 Å². The fourth-order valence-corrected chi connectivity index (χ4v) is 1.55. The van der Waals surface area contributed by atoms with E-state index in [-0.39, 0.29) is 17.5 Å². The van der Waals surface area contributed by atoms with E-state index in [9.17, 15) is 10.1 Å². The number of likely N-dealkylation sites (N-methyl/N-ethyl adjacent to an activating group) is 1. The molecule has 4 nitrogen and oxygen atoms in total.